The highest BCUT2D eigenvalue weighted by atomic mass is 16.2. The summed E-state index contributed by atoms with van der Waals surface area (Å²) in [6.45, 7) is 0. The molecule has 0 aliphatic rings. The fraction of sp³-hybridized carbons (Fsp3) is 0.286. The zero-order valence-electron chi connectivity index (χ0n) is 11.8. The zero-order valence-corrected chi connectivity index (χ0v) is 11.8. The Bertz CT molecular complexity index is 639. The first-order valence-electron chi connectivity index (χ1n) is 6.29. The van der Waals surface area contributed by atoms with Crippen molar-refractivity contribution in [1.29, 1.82) is 0 Å². The third-order valence-corrected chi connectivity index (χ3v) is 3.16. The Morgan fingerprint density at radius 2 is 2.00 bits per heavy atom. The molecule has 0 aromatic carbocycles. The summed E-state index contributed by atoms with van der Waals surface area (Å²) in [7, 11) is 5.26. The van der Waals surface area contributed by atoms with Crippen LogP contribution in [0.25, 0.3) is 0 Å². The number of nitrogens with zero attached hydrogens (tertiary/aromatic N) is 2. The predicted octanol–water partition coefficient (Wildman–Crippen LogP) is 0.904. The molecule has 20 heavy (non-hydrogen) atoms. The summed E-state index contributed by atoms with van der Waals surface area (Å²) < 4.78 is 3.58. The molecule has 0 saturated carbocycles. The van der Waals surface area contributed by atoms with Crippen molar-refractivity contribution in [1.82, 2.24) is 14.5 Å². The summed E-state index contributed by atoms with van der Waals surface area (Å²) in [6, 6.07) is 5.37. The maximum atomic E-state index is 12.1. The van der Waals surface area contributed by atoms with Gasteiger partial charge in [0.25, 0.3) is 5.91 Å². The summed E-state index contributed by atoms with van der Waals surface area (Å²) in [4.78, 5) is 23.5. The molecule has 2 heterocycles. The molecule has 2 rings (SSSR count). The Kier molecular flexibility index (Phi) is 3.93. The minimum Gasteiger partial charge on any atom is -0.359 e. The lowest BCUT2D eigenvalue weighted by molar-refractivity contribution is -0.120. The van der Waals surface area contributed by atoms with E-state index in [0.717, 1.165) is 5.69 Å². The van der Waals surface area contributed by atoms with E-state index in [4.69, 9.17) is 0 Å². The van der Waals surface area contributed by atoms with Gasteiger partial charge < -0.3 is 19.8 Å². The van der Waals surface area contributed by atoms with Crippen LogP contribution in [0.3, 0.4) is 0 Å². The van der Waals surface area contributed by atoms with Crippen LogP contribution in [0.2, 0.25) is 0 Å². The summed E-state index contributed by atoms with van der Waals surface area (Å²) in [5.74, 6) is -0.235. The Labute approximate surface area is 117 Å². The third kappa shape index (κ3) is 2.90. The Hall–Kier alpha value is -2.50. The highest BCUT2D eigenvalue weighted by molar-refractivity contribution is 6.03. The van der Waals surface area contributed by atoms with Gasteiger partial charge in [-0.15, -0.1) is 0 Å². The van der Waals surface area contributed by atoms with Crippen LogP contribution < -0.4 is 10.6 Å². The highest BCUT2D eigenvalue weighted by Crippen LogP contribution is 2.14. The topological polar surface area (TPSA) is 68.1 Å². The van der Waals surface area contributed by atoms with E-state index in [9.17, 15) is 9.59 Å². The van der Waals surface area contributed by atoms with Crippen molar-refractivity contribution in [2.24, 2.45) is 14.1 Å². The van der Waals surface area contributed by atoms with Crippen LogP contribution in [-0.4, -0.2) is 28.0 Å². The van der Waals surface area contributed by atoms with Gasteiger partial charge in [-0.3, -0.25) is 9.59 Å². The Morgan fingerprint density at radius 3 is 2.60 bits per heavy atom. The number of anilines is 1. The molecule has 0 spiro atoms. The molecule has 0 aliphatic heterocycles. The molecule has 6 heteroatoms. The van der Waals surface area contributed by atoms with Gasteiger partial charge in [0.05, 0.1) is 12.1 Å². The molecule has 0 fully saturated rings. The van der Waals surface area contributed by atoms with E-state index in [1.54, 1.807) is 29.9 Å². The average Bonchev–Trinajstić information content (AvgIpc) is 2.96. The minimum atomic E-state index is -0.172. The molecule has 2 aromatic heterocycles. The zero-order chi connectivity index (χ0) is 14.7. The number of aryl methyl sites for hydroxylation is 2. The van der Waals surface area contributed by atoms with Gasteiger partial charge in [-0.1, -0.05) is 0 Å². The summed E-state index contributed by atoms with van der Waals surface area (Å²) in [6.07, 6.45) is 3.89. The number of likely N-dealkylation sites (N-methyl/N-ethyl adjacent to an activating group) is 1. The van der Waals surface area contributed by atoms with Crippen molar-refractivity contribution in [3.63, 3.8) is 0 Å². The van der Waals surface area contributed by atoms with Crippen molar-refractivity contribution in [2.75, 3.05) is 12.4 Å². The first-order chi connectivity index (χ1) is 9.51. The SMILES string of the molecule is CNC(=O)Cc1cc(NC(=O)c2cccn2C)cn1C. The van der Waals surface area contributed by atoms with E-state index >= 15 is 0 Å². The van der Waals surface area contributed by atoms with Gasteiger partial charge in [0.1, 0.15) is 5.69 Å². The quantitative estimate of drug-likeness (QED) is 0.870. The van der Waals surface area contributed by atoms with Crippen molar-refractivity contribution in [2.45, 2.75) is 6.42 Å². The van der Waals surface area contributed by atoms with Gasteiger partial charge in [0.15, 0.2) is 0 Å². The number of hydrogen-bond donors (Lipinski definition) is 2. The summed E-state index contributed by atoms with van der Waals surface area (Å²) >= 11 is 0. The number of hydrogen-bond acceptors (Lipinski definition) is 2. The van der Waals surface area contributed by atoms with Crippen LogP contribution >= 0.6 is 0 Å². The largest absolute Gasteiger partial charge is 0.359 e. The predicted molar refractivity (Wildman–Crippen MR) is 76.5 cm³/mol. The molecule has 0 bridgehead atoms. The smallest absolute Gasteiger partial charge is 0.272 e. The third-order valence-electron chi connectivity index (χ3n) is 3.16. The van der Waals surface area contributed by atoms with E-state index in [2.05, 4.69) is 10.6 Å². The van der Waals surface area contributed by atoms with E-state index in [-0.39, 0.29) is 18.2 Å². The molecular weight excluding hydrogens is 256 g/mol. The van der Waals surface area contributed by atoms with Gasteiger partial charge in [-0.05, 0) is 18.2 Å². The monoisotopic (exact) mass is 274 g/mol. The van der Waals surface area contributed by atoms with Crippen molar-refractivity contribution >= 4 is 17.5 Å². The van der Waals surface area contributed by atoms with E-state index in [1.165, 1.54) is 0 Å². The normalized spacial score (nSPS) is 10.3. The molecule has 0 radical (unpaired) electrons. The number of carbonyl (C=O) groups excluding carboxylic acids is 2. The number of nitrogens with one attached hydrogen (secondary N) is 2. The van der Waals surface area contributed by atoms with Crippen molar-refractivity contribution in [3.8, 4) is 0 Å². The van der Waals surface area contributed by atoms with Gasteiger partial charge in [-0.2, -0.15) is 0 Å². The lowest BCUT2D eigenvalue weighted by Gasteiger charge is -2.03. The minimum absolute atomic E-state index is 0.0634. The van der Waals surface area contributed by atoms with Crippen LogP contribution in [0, 0.1) is 0 Å². The highest BCUT2D eigenvalue weighted by Gasteiger charge is 2.12. The molecule has 6 nitrogen and oxygen atoms in total. The maximum Gasteiger partial charge on any atom is 0.272 e. The van der Waals surface area contributed by atoms with E-state index < -0.39 is 0 Å². The molecule has 106 valence electrons. The fourth-order valence-electron chi connectivity index (χ4n) is 2.00. The second-order valence-electron chi connectivity index (χ2n) is 4.64. The first-order valence-corrected chi connectivity index (χ1v) is 6.29. The van der Waals surface area contributed by atoms with E-state index in [1.807, 2.05) is 30.9 Å². The molecule has 2 aromatic rings. The van der Waals surface area contributed by atoms with Crippen molar-refractivity contribution < 1.29 is 9.59 Å². The first kappa shape index (κ1) is 13.9. The van der Waals surface area contributed by atoms with Gasteiger partial charge >= 0.3 is 0 Å². The second kappa shape index (κ2) is 5.64. The Balaban J connectivity index is 2.11. The van der Waals surface area contributed by atoms with Crippen LogP contribution in [0.4, 0.5) is 5.69 Å². The van der Waals surface area contributed by atoms with Crippen LogP contribution in [-0.2, 0) is 25.3 Å². The molecule has 2 amide bonds. The number of rotatable bonds is 4. The lowest BCUT2D eigenvalue weighted by Crippen LogP contribution is -2.21. The number of aromatic nitrogens is 2. The van der Waals surface area contributed by atoms with Gasteiger partial charge in [0.2, 0.25) is 5.91 Å². The van der Waals surface area contributed by atoms with Crippen LogP contribution in [0.5, 0.6) is 0 Å². The molecule has 0 atom stereocenters. The second-order valence-corrected chi connectivity index (χ2v) is 4.64. The van der Waals surface area contributed by atoms with E-state index in [0.29, 0.717) is 11.4 Å². The van der Waals surface area contributed by atoms with Gasteiger partial charge in [-0.25, -0.2) is 0 Å². The van der Waals surface area contributed by atoms with Crippen LogP contribution in [0.1, 0.15) is 16.2 Å². The summed E-state index contributed by atoms with van der Waals surface area (Å²) in [5.41, 5.74) is 2.10. The van der Waals surface area contributed by atoms with Crippen LogP contribution in [0.15, 0.2) is 30.6 Å². The lowest BCUT2D eigenvalue weighted by atomic mass is 10.3. The summed E-state index contributed by atoms with van der Waals surface area (Å²) in [5, 5.41) is 5.40. The molecule has 2 N–H and O–H groups in total. The maximum absolute atomic E-state index is 12.1. The number of carbonyl (C=O) groups is 2. The molecular formula is C14H18N4O2. The Morgan fingerprint density at radius 1 is 1.25 bits per heavy atom. The fourth-order valence-corrected chi connectivity index (χ4v) is 2.00. The molecule has 0 saturated heterocycles. The van der Waals surface area contributed by atoms with Crippen molar-refractivity contribution in [3.05, 3.63) is 42.0 Å². The number of amides is 2. The molecule has 0 unspecified atom stereocenters. The van der Waals surface area contributed by atoms with Gasteiger partial charge in [0, 0.05) is 39.2 Å². The molecule has 0 aliphatic carbocycles. The average molecular weight is 274 g/mol. The standard InChI is InChI=1S/C14H18N4O2/c1-15-13(19)8-11-7-10(9-18(11)3)16-14(20)12-5-4-6-17(12)2/h4-7,9H,8H2,1-3H3,(H,15,19)(H,16,20).